The van der Waals surface area contributed by atoms with Gasteiger partial charge in [0.15, 0.2) is 0 Å². The molecule has 2 rings (SSSR count). The number of aromatic hydroxyl groups is 4. The SMILES string of the molecule is Oc1ccc(CCCc2c(O)cc(O)cc2O)cc1. The lowest BCUT2D eigenvalue weighted by atomic mass is 10.0. The lowest BCUT2D eigenvalue weighted by Crippen LogP contribution is -1.91. The molecule has 100 valence electrons. The molecule has 0 atom stereocenters. The Morgan fingerprint density at radius 2 is 1.26 bits per heavy atom. The number of hydrogen-bond donors (Lipinski definition) is 4. The van der Waals surface area contributed by atoms with Crippen LogP contribution in [0, 0.1) is 0 Å². The third-order valence-corrected chi connectivity index (χ3v) is 3.02. The normalized spacial score (nSPS) is 10.5. The van der Waals surface area contributed by atoms with Gasteiger partial charge in [0, 0.05) is 17.7 Å². The standard InChI is InChI=1S/C15H16O4/c16-11-6-4-10(5-7-11)2-1-3-13-14(18)8-12(17)9-15(13)19/h4-9,16-19H,1-3H2. The fourth-order valence-corrected chi connectivity index (χ4v) is 2.02. The smallest absolute Gasteiger partial charge is 0.126 e. The van der Waals surface area contributed by atoms with Crippen molar-refractivity contribution in [1.29, 1.82) is 0 Å². The molecular weight excluding hydrogens is 244 g/mol. The van der Waals surface area contributed by atoms with Crippen LogP contribution in [0.5, 0.6) is 23.0 Å². The Balaban J connectivity index is 1.98. The van der Waals surface area contributed by atoms with Crippen LogP contribution in [0.1, 0.15) is 17.5 Å². The van der Waals surface area contributed by atoms with Gasteiger partial charge in [-0.2, -0.15) is 0 Å². The highest BCUT2D eigenvalue weighted by Gasteiger charge is 2.09. The van der Waals surface area contributed by atoms with Crippen molar-refractivity contribution in [3.8, 4) is 23.0 Å². The van der Waals surface area contributed by atoms with Gasteiger partial charge in [-0.15, -0.1) is 0 Å². The first-order valence-electron chi connectivity index (χ1n) is 6.08. The minimum absolute atomic E-state index is 0.0943. The van der Waals surface area contributed by atoms with Crippen LogP contribution in [0.15, 0.2) is 36.4 Å². The van der Waals surface area contributed by atoms with Crippen molar-refractivity contribution in [1.82, 2.24) is 0 Å². The number of phenols is 4. The van der Waals surface area contributed by atoms with Crippen molar-refractivity contribution < 1.29 is 20.4 Å². The second kappa shape index (κ2) is 5.52. The number of aryl methyl sites for hydroxylation is 1. The third-order valence-electron chi connectivity index (χ3n) is 3.02. The highest BCUT2D eigenvalue weighted by atomic mass is 16.3. The quantitative estimate of drug-likeness (QED) is 0.681. The Morgan fingerprint density at radius 3 is 1.84 bits per heavy atom. The molecule has 2 aromatic carbocycles. The van der Waals surface area contributed by atoms with Gasteiger partial charge in [-0.05, 0) is 37.0 Å². The lowest BCUT2D eigenvalue weighted by molar-refractivity contribution is 0.418. The molecule has 4 N–H and O–H groups in total. The Kier molecular flexibility index (Phi) is 3.80. The van der Waals surface area contributed by atoms with Gasteiger partial charge in [-0.25, -0.2) is 0 Å². The predicted octanol–water partition coefficient (Wildman–Crippen LogP) is 2.68. The molecule has 0 fully saturated rings. The summed E-state index contributed by atoms with van der Waals surface area (Å²) in [4.78, 5) is 0. The summed E-state index contributed by atoms with van der Waals surface area (Å²) in [6.45, 7) is 0. The van der Waals surface area contributed by atoms with Gasteiger partial charge in [0.25, 0.3) is 0 Å². The summed E-state index contributed by atoms with van der Waals surface area (Å²) in [5.74, 6) is -0.110. The van der Waals surface area contributed by atoms with Crippen molar-refractivity contribution in [3.63, 3.8) is 0 Å². The van der Waals surface area contributed by atoms with Crippen LogP contribution in [0.25, 0.3) is 0 Å². The molecule has 0 heterocycles. The van der Waals surface area contributed by atoms with Crippen LogP contribution < -0.4 is 0 Å². The minimum Gasteiger partial charge on any atom is -0.508 e. The number of benzene rings is 2. The van der Waals surface area contributed by atoms with E-state index in [1.54, 1.807) is 12.1 Å². The van der Waals surface area contributed by atoms with Crippen molar-refractivity contribution in [2.24, 2.45) is 0 Å². The molecule has 19 heavy (non-hydrogen) atoms. The molecule has 0 amide bonds. The zero-order valence-electron chi connectivity index (χ0n) is 10.4. The molecule has 0 aliphatic rings. The highest BCUT2D eigenvalue weighted by Crippen LogP contribution is 2.32. The van der Waals surface area contributed by atoms with Crippen LogP contribution >= 0.6 is 0 Å². The van der Waals surface area contributed by atoms with E-state index in [1.807, 2.05) is 12.1 Å². The van der Waals surface area contributed by atoms with Gasteiger partial charge < -0.3 is 20.4 Å². The first-order valence-corrected chi connectivity index (χ1v) is 6.08. The maximum Gasteiger partial charge on any atom is 0.126 e. The van der Waals surface area contributed by atoms with Gasteiger partial charge in [-0.3, -0.25) is 0 Å². The molecule has 0 saturated carbocycles. The third kappa shape index (κ3) is 3.31. The van der Waals surface area contributed by atoms with E-state index < -0.39 is 0 Å². The van der Waals surface area contributed by atoms with E-state index in [0.717, 1.165) is 18.4 Å². The molecule has 0 spiro atoms. The fourth-order valence-electron chi connectivity index (χ4n) is 2.02. The van der Waals surface area contributed by atoms with E-state index in [1.165, 1.54) is 12.1 Å². The van der Waals surface area contributed by atoms with Crippen LogP contribution in [0.3, 0.4) is 0 Å². The van der Waals surface area contributed by atoms with Gasteiger partial charge in [-0.1, -0.05) is 12.1 Å². The Hall–Kier alpha value is -2.36. The van der Waals surface area contributed by atoms with Crippen molar-refractivity contribution in [3.05, 3.63) is 47.5 Å². The molecule has 0 aromatic heterocycles. The molecule has 0 saturated heterocycles. The molecule has 4 heteroatoms. The Labute approximate surface area is 111 Å². The number of phenolic OH excluding ortho intramolecular Hbond substituents is 4. The molecule has 0 unspecified atom stereocenters. The Bertz CT molecular complexity index is 538. The largest absolute Gasteiger partial charge is 0.508 e. The summed E-state index contributed by atoms with van der Waals surface area (Å²) >= 11 is 0. The maximum atomic E-state index is 9.65. The zero-order chi connectivity index (χ0) is 13.8. The topological polar surface area (TPSA) is 80.9 Å². The van der Waals surface area contributed by atoms with Gasteiger partial charge in [0.05, 0.1) is 0 Å². The van der Waals surface area contributed by atoms with Crippen LogP contribution in [0.2, 0.25) is 0 Å². The van der Waals surface area contributed by atoms with E-state index in [9.17, 15) is 15.3 Å². The maximum absolute atomic E-state index is 9.65. The number of hydrogen-bond acceptors (Lipinski definition) is 4. The monoisotopic (exact) mass is 260 g/mol. The van der Waals surface area contributed by atoms with Crippen LogP contribution in [0.4, 0.5) is 0 Å². The molecular formula is C15H16O4. The summed E-state index contributed by atoms with van der Waals surface area (Å²) in [5.41, 5.74) is 1.52. The van der Waals surface area contributed by atoms with E-state index >= 15 is 0 Å². The summed E-state index contributed by atoms with van der Waals surface area (Å²) in [5, 5.41) is 37.7. The average Bonchev–Trinajstić information content (AvgIpc) is 2.34. The molecule has 0 aliphatic carbocycles. The Morgan fingerprint density at radius 1 is 0.684 bits per heavy atom. The van der Waals surface area contributed by atoms with E-state index in [2.05, 4.69) is 0 Å². The predicted molar refractivity (Wildman–Crippen MR) is 71.6 cm³/mol. The second-order valence-corrected chi connectivity index (χ2v) is 4.48. The average molecular weight is 260 g/mol. The zero-order valence-corrected chi connectivity index (χ0v) is 10.4. The lowest BCUT2D eigenvalue weighted by Gasteiger charge is -2.08. The highest BCUT2D eigenvalue weighted by molar-refractivity contribution is 5.48. The first kappa shape index (κ1) is 13.1. The van der Waals surface area contributed by atoms with Gasteiger partial charge in [0.1, 0.15) is 23.0 Å². The van der Waals surface area contributed by atoms with Gasteiger partial charge in [0.2, 0.25) is 0 Å². The molecule has 2 aromatic rings. The van der Waals surface area contributed by atoms with E-state index in [-0.39, 0.29) is 23.0 Å². The van der Waals surface area contributed by atoms with Crippen molar-refractivity contribution >= 4 is 0 Å². The summed E-state index contributed by atoms with van der Waals surface area (Å²) in [6.07, 6.45) is 2.04. The second-order valence-electron chi connectivity index (χ2n) is 4.48. The molecule has 0 aliphatic heterocycles. The van der Waals surface area contributed by atoms with Crippen molar-refractivity contribution in [2.45, 2.75) is 19.3 Å². The summed E-state index contributed by atoms with van der Waals surface area (Å²) in [6, 6.07) is 9.37. The molecule has 0 bridgehead atoms. The minimum atomic E-state index is -0.155. The van der Waals surface area contributed by atoms with Crippen LogP contribution in [-0.4, -0.2) is 20.4 Å². The fraction of sp³-hybridized carbons (Fsp3) is 0.200. The number of rotatable bonds is 4. The first-order chi connectivity index (χ1) is 9.06. The molecule has 0 radical (unpaired) electrons. The molecule has 4 nitrogen and oxygen atoms in total. The van der Waals surface area contributed by atoms with E-state index in [0.29, 0.717) is 12.0 Å². The van der Waals surface area contributed by atoms with Crippen molar-refractivity contribution in [2.75, 3.05) is 0 Å². The summed E-state index contributed by atoms with van der Waals surface area (Å²) in [7, 11) is 0. The van der Waals surface area contributed by atoms with Crippen LogP contribution in [-0.2, 0) is 12.8 Å². The van der Waals surface area contributed by atoms with E-state index in [4.69, 9.17) is 5.11 Å². The summed E-state index contributed by atoms with van der Waals surface area (Å²) < 4.78 is 0. The van der Waals surface area contributed by atoms with Gasteiger partial charge >= 0.3 is 0 Å².